The smallest absolute Gasteiger partial charge is 0.292 e. The van der Waals surface area contributed by atoms with E-state index in [2.05, 4.69) is 13.0 Å². The summed E-state index contributed by atoms with van der Waals surface area (Å²) >= 11 is 0. The third kappa shape index (κ3) is 8.48. The fourth-order valence-electron chi connectivity index (χ4n) is 1.52. The molecule has 0 N–H and O–H groups in total. The van der Waals surface area contributed by atoms with Crippen LogP contribution >= 0.6 is 0 Å². The van der Waals surface area contributed by atoms with Crippen LogP contribution < -0.4 is 0 Å². The topological polar surface area (TPSA) is 50.1 Å². The first-order valence-corrected chi connectivity index (χ1v) is 9.22. The maximum atomic E-state index is 11.5. The van der Waals surface area contributed by atoms with Gasteiger partial charge in [0.05, 0.1) is 6.07 Å². The molecule has 0 fully saturated rings. The zero-order chi connectivity index (χ0) is 12.4. The van der Waals surface area contributed by atoms with E-state index in [1.807, 2.05) is 13.1 Å². The van der Waals surface area contributed by atoms with Gasteiger partial charge in [0.1, 0.15) is 0 Å². The van der Waals surface area contributed by atoms with Gasteiger partial charge in [0.25, 0.3) is 5.97 Å². The van der Waals surface area contributed by atoms with E-state index in [4.69, 9.17) is 9.69 Å². The lowest BCUT2D eigenvalue weighted by atomic mass is 10.2. The molecule has 0 aliphatic heterocycles. The third-order valence-corrected chi connectivity index (χ3v) is 4.78. The van der Waals surface area contributed by atoms with E-state index in [9.17, 15) is 4.79 Å². The molecule has 92 valence electrons. The number of nitrogens with zero attached hydrogens (tertiary/aromatic N) is 1. The van der Waals surface area contributed by atoms with Crippen LogP contribution in [0.4, 0.5) is 0 Å². The van der Waals surface area contributed by atoms with E-state index in [1.165, 1.54) is 0 Å². The summed E-state index contributed by atoms with van der Waals surface area (Å²) in [6.45, 7) is 6.20. The van der Waals surface area contributed by atoms with Crippen molar-refractivity contribution in [1.29, 1.82) is 5.26 Å². The summed E-state index contributed by atoms with van der Waals surface area (Å²) in [5.41, 5.74) is 0. The molecule has 0 atom stereocenters. The first-order chi connectivity index (χ1) is 7.52. The second-order valence-electron chi connectivity index (χ2n) is 4.70. The maximum Gasteiger partial charge on any atom is 0.292 e. The van der Waals surface area contributed by atoms with E-state index in [-0.39, 0.29) is 5.97 Å². The molecule has 0 aliphatic carbocycles. The average molecular weight is 241 g/mol. The summed E-state index contributed by atoms with van der Waals surface area (Å²) in [6, 6.07) is 3.01. The Morgan fingerprint density at radius 3 is 2.56 bits per heavy atom. The molecule has 0 aromatic carbocycles. The van der Waals surface area contributed by atoms with Gasteiger partial charge in [-0.1, -0.05) is 19.8 Å². The molecule has 4 heteroatoms. The number of nitriles is 1. The van der Waals surface area contributed by atoms with Crippen molar-refractivity contribution in [2.24, 2.45) is 0 Å². The van der Waals surface area contributed by atoms with Crippen LogP contribution in [0.2, 0.25) is 19.1 Å². The molecule has 0 rings (SSSR count). The standard InChI is InChI=1S/C12H23NO2Si/c1-4-5-6-9-12(14)15-16(2,3)11-8-7-10-13/h4-9,11H2,1-3H3. The highest BCUT2D eigenvalue weighted by Crippen LogP contribution is 2.16. The average Bonchev–Trinajstić information content (AvgIpc) is 2.17. The number of carbonyl (C=O) groups excluding carboxylic acids is 1. The minimum atomic E-state index is -1.86. The first kappa shape index (κ1) is 15.2. The van der Waals surface area contributed by atoms with Gasteiger partial charge in [0.15, 0.2) is 0 Å². The molecule has 0 spiro atoms. The van der Waals surface area contributed by atoms with E-state index in [0.29, 0.717) is 12.8 Å². The summed E-state index contributed by atoms with van der Waals surface area (Å²) in [5.74, 6) is -0.0536. The van der Waals surface area contributed by atoms with Crippen molar-refractivity contribution in [1.82, 2.24) is 0 Å². The molecule has 16 heavy (non-hydrogen) atoms. The van der Waals surface area contributed by atoms with Crippen LogP contribution in [0.5, 0.6) is 0 Å². The predicted molar refractivity (Wildman–Crippen MR) is 67.4 cm³/mol. The van der Waals surface area contributed by atoms with Gasteiger partial charge in [0, 0.05) is 12.8 Å². The first-order valence-electron chi connectivity index (χ1n) is 6.10. The van der Waals surface area contributed by atoms with Gasteiger partial charge >= 0.3 is 0 Å². The van der Waals surface area contributed by atoms with Crippen LogP contribution in [0.3, 0.4) is 0 Å². The van der Waals surface area contributed by atoms with Gasteiger partial charge in [-0.15, -0.1) is 0 Å². The van der Waals surface area contributed by atoms with Crippen LogP contribution in [-0.4, -0.2) is 14.3 Å². The SMILES string of the molecule is CCCCCC(=O)O[Si](C)(C)CCCC#N. The van der Waals surface area contributed by atoms with Crippen LogP contribution in [0, 0.1) is 11.3 Å². The van der Waals surface area contributed by atoms with E-state index in [1.54, 1.807) is 0 Å². The Kier molecular flexibility index (Phi) is 7.91. The Morgan fingerprint density at radius 2 is 2.00 bits per heavy atom. The third-order valence-electron chi connectivity index (χ3n) is 2.44. The fraction of sp³-hybridized carbons (Fsp3) is 0.833. The van der Waals surface area contributed by atoms with E-state index >= 15 is 0 Å². The lowest BCUT2D eigenvalue weighted by Gasteiger charge is -2.22. The maximum absolute atomic E-state index is 11.5. The molecule has 0 saturated heterocycles. The number of carbonyl (C=O) groups is 1. The van der Waals surface area contributed by atoms with Gasteiger partial charge in [-0.05, 0) is 32.0 Å². The predicted octanol–water partition coefficient (Wildman–Crippen LogP) is 3.62. The Hall–Kier alpha value is -0.823. The zero-order valence-corrected chi connectivity index (χ0v) is 11.7. The highest BCUT2D eigenvalue weighted by atomic mass is 28.4. The quantitative estimate of drug-likeness (QED) is 0.482. The van der Waals surface area contributed by atoms with Crippen molar-refractivity contribution in [3.05, 3.63) is 0 Å². The summed E-state index contributed by atoms with van der Waals surface area (Å²) in [4.78, 5) is 11.5. The Labute approximate surface area is 99.9 Å². The van der Waals surface area contributed by atoms with Gasteiger partial charge in [0.2, 0.25) is 8.32 Å². The molecule has 0 aromatic rings. The second kappa shape index (κ2) is 8.34. The number of hydrogen-bond acceptors (Lipinski definition) is 3. The number of hydrogen-bond donors (Lipinski definition) is 0. The van der Waals surface area contributed by atoms with Gasteiger partial charge in [-0.3, -0.25) is 4.79 Å². The molecule has 0 amide bonds. The molecular formula is C12H23NO2Si. The van der Waals surface area contributed by atoms with Crippen LogP contribution in [-0.2, 0) is 9.22 Å². The van der Waals surface area contributed by atoms with Crippen molar-refractivity contribution >= 4 is 14.3 Å². The lowest BCUT2D eigenvalue weighted by Crippen LogP contribution is -2.33. The van der Waals surface area contributed by atoms with Crippen molar-refractivity contribution < 1.29 is 9.22 Å². The highest BCUT2D eigenvalue weighted by Gasteiger charge is 2.25. The van der Waals surface area contributed by atoms with Gasteiger partial charge in [-0.25, -0.2) is 0 Å². The van der Waals surface area contributed by atoms with Crippen LogP contribution in [0.25, 0.3) is 0 Å². The Balaban J connectivity index is 3.77. The van der Waals surface area contributed by atoms with Crippen LogP contribution in [0.1, 0.15) is 45.4 Å². The number of unbranched alkanes of at least 4 members (excludes halogenated alkanes) is 3. The summed E-state index contributed by atoms with van der Waals surface area (Å²) in [7, 11) is -1.86. The Bertz CT molecular complexity index is 246. The van der Waals surface area contributed by atoms with Gasteiger partial charge in [-0.2, -0.15) is 5.26 Å². The summed E-state index contributed by atoms with van der Waals surface area (Å²) in [5, 5.41) is 8.45. The molecule has 0 unspecified atom stereocenters. The second-order valence-corrected chi connectivity index (χ2v) is 8.93. The molecule has 0 radical (unpaired) electrons. The minimum Gasteiger partial charge on any atom is -0.520 e. The van der Waals surface area contributed by atoms with Crippen molar-refractivity contribution in [2.75, 3.05) is 0 Å². The van der Waals surface area contributed by atoms with Crippen LogP contribution in [0.15, 0.2) is 0 Å². The highest BCUT2D eigenvalue weighted by molar-refractivity contribution is 6.72. The van der Waals surface area contributed by atoms with Crippen molar-refractivity contribution in [3.63, 3.8) is 0 Å². The summed E-state index contributed by atoms with van der Waals surface area (Å²) < 4.78 is 5.52. The largest absolute Gasteiger partial charge is 0.520 e. The molecule has 3 nitrogen and oxygen atoms in total. The Morgan fingerprint density at radius 1 is 1.31 bits per heavy atom. The lowest BCUT2D eigenvalue weighted by molar-refractivity contribution is -0.135. The number of rotatable bonds is 8. The van der Waals surface area contributed by atoms with Crippen molar-refractivity contribution in [3.8, 4) is 6.07 Å². The molecule has 0 aliphatic rings. The molecule has 0 saturated carbocycles. The zero-order valence-electron chi connectivity index (χ0n) is 10.7. The molecule has 0 bridgehead atoms. The fourth-order valence-corrected chi connectivity index (χ4v) is 3.37. The summed E-state index contributed by atoms with van der Waals surface area (Å²) in [6.07, 6.45) is 5.09. The monoisotopic (exact) mass is 241 g/mol. The van der Waals surface area contributed by atoms with E-state index < -0.39 is 8.32 Å². The molecule has 0 heterocycles. The normalized spacial score (nSPS) is 10.9. The molecular weight excluding hydrogens is 218 g/mol. The minimum absolute atomic E-state index is 0.0536. The molecule has 0 aromatic heterocycles. The van der Waals surface area contributed by atoms with Crippen molar-refractivity contribution in [2.45, 2.75) is 64.6 Å². The van der Waals surface area contributed by atoms with Gasteiger partial charge < -0.3 is 4.43 Å². The van der Waals surface area contributed by atoms with E-state index in [0.717, 1.165) is 31.7 Å².